The van der Waals surface area contributed by atoms with Crippen LogP contribution in [0.3, 0.4) is 0 Å². The molecule has 19 heavy (non-hydrogen) atoms. The van der Waals surface area contributed by atoms with Crippen molar-refractivity contribution in [1.82, 2.24) is 0 Å². The van der Waals surface area contributed by atoms with Crippen molar-refractivity contribution in [2.45, 2.75) is 37.5 Å². The van der Waals surface area contributed by atoms with Gasteiger partial charge >= 0.3 is 0 Å². The number of aryl methyl sites for hydroxylation is 1. The highest BCUT2D eigenvalue weighted by atomic mass is 14.5. The molecule has 0 heterocycles. The van der Waals surface area contributed by atoms with Crippen LogP contribution >= 0.6 is 0 Å². The molecule has 1 atom stereocenters. The Bertz CT molecular complexity index is 533. The monoisotopic (exact) mass is 250 g/mol. The van der Waals surface area contributed by atoms with Gasteiger partial charge in [-0.05, 0) is 43.2 Å². The Morgan fingerprint density at radius 3 is 2.74 bits per heavy atom. The largest absolute Gasteiger partial charge is 0.197 e. The van der Waals surface area contributed by atoms with E-state index in [2.05, 4.69) is 30.9 Å². The zero-order chi connectivity index (χ0) is 13.7. The minimum Gasteiger partial charge on any atom is -0.197 e. The van der Waals surface area contributed by atoms with Crippen molar-refractivity contribution >= 4 is 0 Å². The van der Waals surface area contributed by atoms with Crippen molar-refractivity contribution in [2.24, 2.45) is 5.92 Å². The van der Waals surface area contributed by atoms with Crippen LogP contribution in [0.4, 0.5) is 0 Å². The number of allylic oxidation sites excluding steroid dienone is 1. The van der Waals surface area contributed by atoms with Gasteiger partial charge in [0.25, 0.3) is 0 Å². The second-order valence-corrected chi connectivity index (χ2v) is 5.19. The Hall–Kier alpha value is -2.06. The van der Waals surface area contributed by atoms with Gasteiger partial charge < -0.3 is 0 Å². The van der Waals surface area contributed by atoms with Crippen molar-refractivity contribution < 1.29 is 0 Å². The van der Waals surface area contributed by atoms with Crippen molar-refractivity contribution in [3.05, 3.63) is 48.0 Å². The van der Waals surface area contributed by atoms with Gasteiger partial charge in [0.1, 0.15) is 5.92 Å². The Morgan fingerprint density at radius 1 is 1.32 bits per heavy atom. The fraction of sp³-hybridized carbons (Fsp3) is 0.412. The van der Waals surface area contributed by atoms with Crippen LogP contribution in [0.2, 0.25) is 0 Å². The predicted octanol–water partition coefficient (Wildman–Crippen LogP) is 3.89. The number of hydrogen-bond donors (Lipinski definition) is 0. The molecule has 2 rings (SSSR count). The summed E-state index contributed by atoms with van der Waals surface area (Å²) in [4.78, 5) is 0. The third kappa shape index (κ3) is 2.27. The van der Waals surface area contributed by atoms with Crippen LogP contribution < -0.4 is 0 Å². The Balaban J connectivity index is 2.40. The van der Waals surface area contributed by atoms with Gasteiger partial charge in [-0.25, -0.2) is 0 Å². The second-order valence-electron chi connectivity index (χ2n) is 5.19. The second kappa shape index (κ2) is 5.72. The van der Waals surface area contributed by atoms with E-state index in [0.29, 0.717) is 0 Å². The molecule has 2 heteroatoms. The summed E-state index contributed by atoms with van der Waals surface area (Å²) in [6.07, 6.45) is 6.61. The zero-order valence-corrected chi connectivity index (χ0v) is 11.1. The lowest BCUT2D eigenvalue weighted by Crippen LogP contribution is -2.31. The fourth-order valence-corrected chi connectivity index (χ4v) is 3.26. The molecule has 0 radical (unpaired) electrons. The molecular weight excluding hydrogens is 232 g/mol. The smallest absolute Gasteiger partial charge is 0.142 e. The molecular formula is C17H18N2. The number of fused-ring (bicyclic) bond motifs is 1. The minimum absolute atomic E-state index is 0.275. The van der Waals surface area contributed by atoms with E-state index in [1.807, 2.05) is 18.2 Å². The summed E-state index contributed by atoms with van der Waals surface area (Å²) in [5.41, 5.74) is 2.24. The van der Waals surface area contributed by atoms with E-state index in [-0.39, 0.29) is 5.41 Å². The van der Waals surface area contributed by atoms with E-state index in [1.54, 1.807) is 0 Å². The summed E-state index contributed by atoms with van der Waals surface area (Å²) in [6, 6.07) is 12.7. The highest BCUT2D eigenvalue weighted by Crippen LogP contribution is 2.47. The third-order valence-corrected chi connectivity index (χ3v) is 4.24. The van der Waals surface area contributed by atoms with Crippen molar-refractivity contribution in [1.29, 1.82) is 10.5 Å². The van der Waals surface area contributed by atoms with Gasteiger partial charge in [-0.1, -0.05) is 30.3 Å². The number of unbranched alkanes of at least 4 members (excludes halogenated alkanes) is 1. The molecule has 1 aliphatic carbocycles. The molecule has 0 saturated heterocycles. The summed E-state index contributed by atoms with van der Waals surface area (Å²) in [7, 11) is 0. The molecule has 0 spiro atoms. The Labute approximate surface area is 115 Å². The van der Waals surface area contributed by atoms with Gasteiger partial charge in [-0.15, -0.1) is 6.58 Å². The third-order valence-electron chi connectivity index (χ3n) is 4.24. The Morgan fingerprint density at radius 2 is 2.05 bits per heavy atom. The van der Waals surface area contributed by atoms with E-state index in [0.717, 1.165) is 32.1 Å². The molecule has 0 aliphatic heterocycles. The topological polar surface area (TPSA) is 47.6 Å². The number of rotatable bonds is 5. The number of hydrogen-bond acceptors (Lipinski definition) is 2. The molecule has 1 aliphatic rings. The minimum atomic E-state index is -0.555. The summed E-state index contributed by atoms with van der Waals surface area (Å²) in [5.74, 6) is -0.555. The fourth-order valence-electron chi connectivity index (χ4n) is 3.26. The van der Waals surface area contributed by atoms with E-state index in [9.17, 15) is 10.5 Å². The molecule has 1 aromatic rings. The van der Waals surface area contributed by atoms with Crippen molar-refractivity contribution in [3.8, 4) is 12.1 Å². The van der Waals surface area contributed by atoms with Crippen LogP contribution in [0.5, 0.6) is 0 Å². The number of nitrogens with zero attached hydrogens (tertiary/aromatic N) is 2. The molecule has 1 unspecified atom stereocenters. The standard InChI is InChI=1S/C17H18N2/c1-2-3-6-10-17(15(12-18)13-19)11-9-14-7-4-5-8-16(14)17/h2,4-5,7-8,15H,1,3,6,9-11H2. The maximum absolute atomic E-state index is 9.34. The lowest BCUT2D eigenvalue weighted by Gasteiger charge is -2.31. The summed E-state index contributed by atoms with van der Waals surface area (Å²) < 4.78 is 0. The van der Waals surface area contributed by atoms with Crippen LogP contribution in [-0.4, -0.2) is 0 Å². The van der Waals surface area contributed by atoms with E-state index < -0.39 is 5.92 Å². The zero-order valence-electron chi connectivity index (χ0n) is 11.1. The van der Waals surface area contributed by atoms with Crippen molar-refractivity contribution in [3.63, 3.8) is 0 Å². The SMILES string of the molecule is C=CCCCC1(C(C#N)C#N)CCc2ccccc21. The average Bonchev–Trinajstić information content (AvgIpc) is 2.81. The molecule has 0 aromatic heterocycles. The van der Waals surface area contributed by atoms with Crippen LogP contribution in [0.25, 0.3) is 0 Å². The highest BCUT2D eigenvalue weighted by Gasteiger charge is 2.44. The Kier molecular flexibility index (Phi) is 4.03. The summed E-state index contributed by atoms with van der Waals surface area (Å²) in [5, 5.41) is 18.7. The van der Waals surface area contributed by atoms with Gasteiger partial charge in [-0.3, -0.25) is 0 Å². The number of benzene rings is 1. The molecule has 0 saturated carbocycles. The van der Waals surface area contributed by atoms with Crippen LogP contribution in [0.1, 0.15) is 36.8 Å². The maximum Gasteiger partial charge on any atom is 0.142 e. The molecule has 0 bridgehead atoms. The van der Waals surface area contributed by atoms with Crippen LogP contribution in [0, 0.1) is 28.6 Å². The molecule has 2 nitrogen and oxygen atoms in total. The van der Waals surface area contributed by atoms with Crippen molar-refractivity contribution in [2.75, 3.05) is 0 Å². The number of nitriles is 2. The summed E-state index contributed by atoms with van der Waals surface area (Å²) in [6.45, 7) is 3.75. The predicted molar refractivity (Wildman–Crippen MR) is 75.2 cm³/mol. The van der Waals surface area contributed by atoms with Gasteiger partial charge in [0, 0.05) is 5.41 Å². The van der Waals surface area contributed by atoms with Gasteiger partial charge in [-0.2, -0.15) is 10.5 Å². The van der Waals surface area contributed by atoms with Gasteiger partial charge in [0.05, 0.1) is 12.1 Å². The normalized spacial score (nSPS) is 20.6. The summed E-state index contributed by atoms with van der Waals surface area (Å²) >= 11 is 0. The quantitative estimate of drug-likeness (QED) is 0.588. The molecule has 0 fully saturated rings. The molecule has 96 valence electrons. The highest BCUT2D eigenvalue weighted by molar-refractivity contribution is 5.42. The first kappa shape index (κ1) is 13.4. The van der Waals surface area contributed by atoms with E-state index in [1.165, 1.54) is 11.1 Å². The lowest BCUT2D eigenvalue weighted by molar-refractivity contribution is 0.336. The van der Waals surface area contributed by atoms with E-state index >= 15 is 0 Å². The first-order chi connectivity index (χ1) is 9.28. The maximum atomic E-state index is 9.34. The van der Waals surface area contributed by atoms with Gasteiger partial charge in [0.2, 0.25) is 0 Å². The van der Waals surface area contributed by atoms with Crippen LogP contribution in [-0.2, 0) is 11.8 Å². The van der Waals surface area contributed by atoms with Crippen LogP contribution in [0.15, 0.2) is 36.9 Å². The average molecular weight is 250 g/mol. The molecule has 0 N–H and O–H groups in total. The molecule has 1 aromatic carbocycles. The first-order valence-electron chi connectivity index (χ1n) is 6.77. The first-order valence-corrected chi connectivity index (χ1v) is 6.77. The molecule has 0 amide bonds. The van der Waals surface area contributed by atoms with Gasteiger partial charge in [0.15, 0.2) is 0 Å². The lowest BCUT2D eigenvalue weighted by atomic mass is 9.69. The van der Waals surface area contributed by atoms with E-state index in [4.69, 9.17) is 0 Å².